The molecule has 2 aliphatic rings. The number of hydrogen-bond acceptors (Lipinski definition) is 3. The predicted molar refractivity (Wildman–Crippen MR) is 69.2 cm³/mol. The third-order valence-electron chi connectivity index (χ3n) is 3.81. The summed E-state index contributed by atoms with van der Waals surface area (Å²) in [5.41, 5.74) is 8.59. The minimum atomic E-state index is 0.0895. The van der Waals surface area contributed by atoms with Crippen molar-refractivity contribution in [1.29, 1.82) is 0 Å². The van der Waals surface area contributed by atoms with Crippen LogP contribution in [0.4, 0.5) is 5.69 Å². The second-order valence-electron chi connectivity index (χ2n) is 5.21. The second kappa shape index (κ2) is 4.31. The monoisotopic (exact) mass is 232 g/mol. The molecule has 0 aliphatic carbocycles. The predicted octanol–water partition coefficient (Wildman–Crippen LogP) is 2.07. The molecule has 0 amide bonds. The molecular formula is C14H20N2O. The molecule has 17 heavy (non-hydrogen) atoms. The van der Waals surface area contributed by atoms with Crippen LogP contribution in [0.3, 0.4) is 0 Å². The zero-order chi connectivity index (χ0) is 11.8. The SMILES string of the molecule is C[C@H](N)c1ccccc1N1CC2CCC(C1)O2. The van der Waals surface area contributed by atoms with Crippen molar-refractivity contribution in [3.63, 3.8) is 0 Å². The Balaban J connectivity index is 1.88. The molecule has 3 atom stereocenters. The maximum Gasteiger partial charge on any atom is 0.0755 e. The molecule has 2 fully saturated rings. The summed E-state index contributed by atoms with van der Waals surface area (Å²) in [6, 6.07) is 8.57. The van der Waals surface area contributed by atoms with Crippen LogP contribution < -0.4 is 10.6 Å². The first-order chi connectivity index (χ1) is 8.24. The van der Waals surface area contributed by atoms with Crippen LogP contribution in [-0.2, 0) is 4.74 Å². The van der Waals surface area contributed by atoms with Crippen molar-refractivity contribution >= 4 is 5.69 Å². The highest BCUT2D eigenvalue weighted by Gasteiger charge is 2.34. The first kappa shape index (κ1) is 11.1. The Morgan fingerprint density at radius 2 is 1.88 bits per heavy atom. The molecule has 2 heterocycles. The zero-order valence-corrected chi connectivity index (χ0v) is 10.3. The van der Waals surface area contributed by atoms with Gasteiger partial charge >= 0.3 is 0 Å². The molecule has 2 unspecified atom stereocenters. The normalized spacial score (nSPS) is 29.4. The average molecular weight is 232 g/mol. The summed E-state index contributed by atoms with van der Waals surface area (Å²) in [6.07, 6.45) is 3.27. The minimum Gasteiger partial charge on any atom is -0.371 e. The first-order valence-corrected chi connectivity index (χ1v) is 6.49. The molecule has 92 valence electrons. The summed E-state index contributed by atoms with van der Waals surface area (Å²) < 4.78 is 5.88. The van der Waals surface area contributed by atoms with E-state index in [2.05, 4.69) is 29.2 Å². The quantitative estimate of drug-likeness (QED) is 0.848. The molecule has 2 N–H and O–H groups in total. The number of ether oxygens (including phenoxy) is 1. The standard InChI is InChI=1S/C14H20N2O/c1-10(15)13-4-2-3-5-14(13)16-8-11-6-7-12(9-16)17-11/h2-5,10-12H,6-9,15H2,1H3/t10-,11?,12?/m0/s1. The molecule has 1 aromatic rings. The Kier molecular flexibility index (Phi) is 2.81. The fourth-order valence-electron chi connectivity index (χ4n) is 2.97. The molecule has 0 aromatic heterocycles. The Morgan fingerprint density at radius 3 is 2.53 bits per heavy atom. The van der Waals surface area contributed by atoms with Crippen molar-refractivity contribution in [2.45, 2.75) is 38.0 Å². The number of benzene rings is 1. The van der Waals surface area contributed by atoms with Crippen LogP contribution in [0.15, 0.2) is 24.3 Å². The summed E-state index contributed by atoms with van der Waals surface area (Å²) in [7, 11) is 0. The lowest BCUT2D eigenvalue weighted by Gasteiger charge is -2.35. The van der Waals surface area contributed by atoms with Crippen LogP contribution in [0.2, 0.25) is 0 Å². The summed E-state index contributed by atoms with van der Waals surface area (Å²) in [6.45, 7) is 4.08. The van der Waals surface area contributed by atoms with Gasteiger partial charge in [-0.15, -0.1) is 0 Å². The number of hydrogen-bond donors (Lipinski definition) is 1. The largest absolute Gasteiger partial charge is 0.371 e. The van der Waals surface area contributed by atoms with E-state index in [-0.39, 0.29) is 6.04 Å². The van der Waals surface area contributed by atoms with Crippen molar-refractivity contribution in [3.05, 3.63) is 29.8 Å². The van der Waals surface area contributed by atoms with E-state index in [0.29, 0.717) is 12.2 Å². The summed E-state index contributed by atoms with van der Waals surface area (Å²) in [5.74, 6) is 0. The number of fused-ring (bicyclic) bond motifs is 2. The summed E-state index contributed by atoms with van der Waals surface area (Å²) in [4.78, 5) is 2.45. The Labute approximate surface area is 103 Å². The van der Waals surface area contributed by atoms with Gasteiger partial charge in [0.1, 0.15) is 0 Å². The van der Waals surface area contributed by atoms with Crippen LogP contribution in [0.1, 0.15) is 31.4 Å². The fraction of sp³-hybridized carbons (Fsp3) is 0.571. The highest BCUT2D eigenvalue weighted by atomic mass is 16.5. The van der Waals surface area contributed by atoms with Crippen molar-refractivity contribution in [2.24, 2.45) is 5.73 Å². The molecule has 2 aliphatic heterocycles. The van der Waals surface area contributed by atoms with Gasteiger partial charge in [0.05, 0.1) is 12.2 Å². The lowest BCUT2D eigenvalue weighted by Crippen LogP contribution is -2.43. The van der Waals surface area contributed by atoms with Crippen molar-refractivity contribution < 1.29 is 4.74 Å². The maximum absolute atomic E-state index is 6.05. The van der Waals surface area contributed by atoms with E-state index in [1.54, 1.807) is 0 Å². The summed E-state index contributed by atoms with van der Waals surface area (Å²) >= 11 is 0. The number of para-hydroxylation sites is 1. The highest BCUT2D eigenvalue weighted by molar-refractivity contribution is 5.55. The summed E-state index contributed by atoms with van der Waals surface area (Å²) in [5, 5.41) is 0. The van der Waals surface area contributed by atoms with Gasteiger partial charge in [-0.3, -0.25) is 0 Å². The zero-order valence-electron chi connectivity index (χ0n) is 10.3. The average Bonchev–Trinajstić information content (AvgIpc) is 2.68. The number of nitrogens with zero attached hydrogens (tertiary/aromatic N) is 1. The van der Waals surface area contributed by atoms with E-state index in [9.17, 15) is 0 Å². The molecule has 3 heteroatoms. The molecule has 1 aromatic carbocycles. The molecule has 3 nitrogen and oxygen atoms in total. The van der Waals surface area contributed by atoms with Crippen LogP contribution >= 0.6 is 0 Å². The molecule has 3 rings (SSSR count). The van der Waals surface area contributed by atoms with E-state index in [1.165, 1.54) is 24.1 Å². The van der Waals surface area contributed by atoms with Gasteiger partial charge in [0, 0.05) is 24.8 Å². The van der Waals surface area contributed by atoms with E-state index in [4.69, 9.17) is 10.5 Å². The Morgan fingerprint density at radius 1 is 1.24 bits per heavy atom. The highest BCUT2D eigenvalue weighted by Crippen LogP contribution is 2.32. The Hall–Kier alpha value is -1.06. The molecular weight excluding hydrogens is 212 g/mol. The molecule has 2 bridgehead atoms. The molecule has 2 saturated heterocycles. The van der Waals surface area contributed by atoms with Crippen LogP contribution in [0.25, 0.3) is 0 Å². The van der Waals surface area contributed by atoms with Crippen LogP contribution in [0.5, 0.6) is 0 Å². The third kappa shape index (κ3) is 2.05. The molecule has 0 spiro atoms. The third-order valence-corrected chi connectivity index (χ3v) is 3.81. The number of nitrogens with two attached hydrogens (primary N) is 1. The Bertz CT molecular complexity index is 393. The van der Waals surface area contributed by atoms with E-state index < -0.39 is 0 Å². The number of rotatable bonds is 2. The van der Waals surface area contributed by atoms with E-state index in [1.807, 2.05) is 6.92 Å². The van der Waals surface area contributed by atoms with Gasteiger partial charge in [-0.25, -0.2) is 0 Å². The lowest BCUT2D eigenvalue weighted by molar-refractivity contribution is 0.0304. The van der Waals surface area contributed by atoms with Gasteiger partial charge in [0.2, 0.25) is 0 Å². The van der Waals surface area contributed by atoms with Gasteiger partial charge < -0.3 is 15.4 Å². The van der Waals surface area contributed by atoms with Crippen molar-refractivity contribution in [1.82, 2.24) is 0 Å². The van der Waals surface area contributed by atoms with Gasteiger partial charge in [0.25, 0.3) is 0 Å². The van der Waals surface area contributed by atoms with Gasteiger partial charge in [-0.05, 0) is 31.4 Å². The molecule has 0 saturated carbocycles. The number of morpholine rings is 1. The number of anilines is 1. The van der Waals surface area contributed by atoms with Crippen LogP contribution in [0, 0.1) is 0 Å². The van der Waals surface area contributed by atoms with Crippen LogP contribution in [-0.4, -0.2) is 25.3 Å². The first-order valence-electron chi connectivity index (χ1n) is 6.49. The van der Waals surface area contributed by atoms with Gasteiger partial charge in [-0.2, -0.15) is 0 Å². The van der Waals surface area contributed by atoms with Gasteiger partial charge in [0.15, 0.2) is 0 Å². The van der Waals surface area contributed by atoms with Crippen molar-refractivity contribution in [2.75, 3.05) is 18.0 Å². The smallest absolute Gasteiger partial charge is 0.0755 e. The van der Waals surface area contributed by atoms with Crippen molar-refractivity contribution in [3.8, 4) is 0 Å². The topological polar surface area (TPSA) is 38.5 Å². The molecule has 0 radical (unpaired) electrons. The fourth-order valence-corrected chi connectivity index (χ4v) is 2.97. The van der Waals surface area contributed by atoms with Gasteiger partial charge in [-0.1, -0.05) is 18.2 Å². The minimum absolute atomic E-state index is 0.0895. The van der Waals surface area contributed by atoms with E-state index in [0.717, 1.165) is 13.1 Å². The lowest BCUT2D eigenvalue weighted by atomic mass is 10.1. The van der Waals surface area contributed by atoms with E-state index >= 15 is 0 Å². The second-order valence-corrected chi connectivity index (χ2v) is 5.21. The maximum atomic E-state index is 6.05.